The third kappa shape index (κ3) is 6.47. The molecule has 0 aliphatic rings. The van der Waals surface area contributed by atoms with Crippen LogP contribution < -0.4 is 10.9 Å². The third-order valence-electron chi connectivity index (χ3n) is 2.90. The molecule has 1 aromatic rings. The van der Waals surface area contributed by atoms with Crippen molar-refractivity contribution >= 4 is 23.6 Å². The number of amides is 2. The van der Waals surface area contributed by atoms with E-state index in [-0.39, 0.29) is 13.2 Å². The number of nitrogens with one attached hydrogen (secondary N) is 2. The molecular weight excluding hydrogens is 312 g/mol. The zero-order valence-corrected chi connectivity index (χ0v) is 14.3. The van der Waals surface area contributed by atoms with Gasteiger partial charge in [-0.25, -0.2) is 20.4 Å². The van der Waals surface area contributed by atoms with Crippen molar-refractivity contribution in [3.05, 3.63) is 35.4 Å². The molecule has 0 unspecified atom stereocenters. The second-order valence-electron chi connectivity index (χ2n) is 4.64. The lowest BCUT2D eigenvalue weighted by Crippen LogP contribution is -2.20. The molecule has 2 amide bonds. The van der Waals surface area contributed by atoms with Crippen molar-refractivity contribution in [2.45, 2.75) is 27.7 Å². The molecule has 8 heteroatoms. The first-order chi connectivity index (χ1) is 11.5. The number of ether oxygens (including phenoxy) is 2. The van der Waals surface area contributed by atoms with Gasteiger partial charge in [-0.2, -0.15) is 10.2 Å². The second-order valence-corrected chi connectivity index (χ2v) is 4.64. The highest BCUT2D eigenvalue weighted by Gasteiger charge is 2.04. The molecule has 0 spiro atoms. The summed E-state index contributed by atoms with van der Waals surface area (Å²) in [6.45, 7) is 7.54. The molecule has 24 heavy (non-hydrogen) atoms. The van der Waals surface area contributed by atoms with Crippen LogP contribution in [0.5, 0.6) is 0 Å². The summed E-state index contributed by atoms with van der Waals surface area (Å²) in [6, 6.07) is 7.35. The van der Waals surface area contributed by atoms with Crippen LogP contribution >= 0.6 is 0 Å². The summed E-state index contributed by atoms with van der Waals surface area (Å²) in [5.74, 6) is 0. The largest absolute Gasteiger partial charge is 0.449 e. The van der Waals surface area contributed by atoms with Gasteiger partial charge >= 0.3 is 12.2 Å². The fourth-order valence-corrected chi connectivity index (χ4v) is 1.67. The predicted molar refractivity (Wildman–Crippen MR) is 91.2 cm³/mol. The van der Waals surface area contributed by atoms with Crippen molar-refractivity contribution in [3.63, 3.8) is 0 Å². The minimum Gasteiger partial charge on any atom is -0.449 e. The summed E-state index contributed by atoms with van der Waals surface area (Å²) < 4.78 is 9.45. The zero-order chi connectivity index (χ0) is 17.9. The van der Waals surface area contributed by atoms with Crippen LogP contribution in [-0.2, 0) is 9.47 Å². The second kappa shape index (κ2) is 9.98. The van der Waals surface area contributed by atoms with Crippen molar-refractivity contribution in [2.75, 3.05) is 13.2 Å². The summed E-state index contributed by atoms with van der Waals surface area (Å²) in [7, 11) is 0. The SMILES string of the molecule is CCOC(=O)N/N=C(/C)c1ccc(/C(C)=N\NC(=O)OCC)cc1. The first-order valence-electron chi connectivity index (χ1n) is 7.52. The van der Waals surface area contributed by atoms with Crippen molar-refractivity contribution in [1.82, 2.24) is 10.9 Å². The van der Waals surface area contributed by atoms with Crippen LogP contribution in [-0.4, -0.2) is 36.8 Å². The van der Waals surface area contributed by atoms with Crippen molar-refractivity contribution < 1.29 is 19.1 Å². The predicted octanol–water partition coefficient (Wildman–Crippen LogP) is 2.63. The molecule has 0 fully saturated rings. The molecule has 0 bridgehead atoms. The average Bonchev–Trinajstić information content (AvgIpc) is 2.58. The summed E-state index contributed by atoms with van der Waals surface area (Å²) in [6.07, 6.45) is -1.19. The third-order valence-corrected chi connectivity index (χ3v) is 2.90. The normalized spacial score (nSPS) is 11.7. The van der Waals surface area contributed by atoms with Crippen LogP contribution in [0, 0.1) is 0 Å². The quantitative estimate of drug-likeness (QED) is 0.617. The Hall–Kier alpha value is -2.90. The maximum atomic E-state index is 11.2. The summed E-state index contributed by atoms with van der Waals surface area (Å²) in [4.78, 5) is 22.4. The smallest absolute Gasteiger partial charge is 0.427 e. The molecule has 0 atom stereocenters. The molecule has 0 saturated carbocycles. The van der Waals surface area contributed by atoms with Gasteiger partial charge in [0.1, 0.15) is 0 Å². The Morgan fingerprint density at radius 1 is 0.833 bits per heavy atom. The van der Waals surface area contributed by atoms with Gasteiger partial charge in [0.2, 0.25) is 0 Å². The molecule has 2 N–H and O–H groups in total. The van der Waals surface area contributed by atoms with Gasteiger partial charge in [0.15, 0.2) is 0 Å². The minimum atomic E-state index is -0.596. The molecule has 8 nitrogen and oxygen atoms in total. The molecule has 0 aliphatic heterocycles. The number of carbonyl (C=O) groups excluding carboxylic acids is 2. The fraction of sp³-hybridized carbons (Fsp3) is 0.375. The van der Waals surface area contributed by atoms with E-state index in [1.807, 2.05) is 24.3 Å². The number of benzene rings is 1. The van der Waals surface area contributed by atoms with E-state index in [1.54, 1.807) is 27.7 Å². The number of carbonyl (C=O) groups is 2. The Balaban J connectivity index is 2.70. The van der Waals surface area contributed by atoms with Gasteiger partial charge in [-0.1, -0.05) is 24.3 Å². The van der Waals surface area contributed by atoms with Gasteiger partial charge in [-0.05, 0) is 38.8 Å². The number of rotatable bonds is 6. The van der Waals surface area contributed by atoms with Gasteiger partial charge < -0.3 is 9.47 Å². The highest BCUT2D eigenvalue weighted by atomic mass is 16.6. The monoisotopic (exact) mass is 334 g/mol. The molecule has 130 valence electrons. The van der Waals surface area contributed by atoms with E-state index in [4.69, 9.17) is 9.47 Å². The Kier molecular flexibility index (Phi) is 7.97. The highest BCUT2D eigenvalue weighted by molar-refractivity contribution is 6.02. The van der Waals surface area contributed by atoms with Crippen molar-refractivity contribution in [1.29, 1.82) is 0 Å². The number of hydrazone groups is 2. The minimum absolute atomic E-state index is 0.285. The van der Waals surface area contributed by atoms with Gasteiger partial charge in [0.25, 0.3) is 0 Å². The van der Waals surface area contributed by atoms with Crippen LogP contribution in [0.2, 0.25) is 0 Å². The number of nitrogens with zero attached hydrogens (tertiary/aromatic N) is 2. The maximum absolute atomic E-state index is 11.2. The maximum Gasteiger partial charge on any atom is 0.427 e. The van der Waals surface area contributed by atoms with Gasteiger partial charge in [-0.15, -0.1) is 0 Å². The average molecular weight is 334 g/mol. The van der Waals surface area contributed by atoms with E-state index >= 15 is 0 Å². The lowest BCUT2D eigenvalue weighted by atomic mass is 10.1. The molecule has 1 rings (SSSR count). The van der Waals surface area contributed by atoms with Crippen molar-refractivity contribution in [3.8, 4) is 0 Å². The van der Waals surface area contributed by atoms with Crippen LogP contribution in [0.3, 0.4) is 0 Å². The first kappa shape index (κ1) is 19.1. The molecular formula is C16H22N4O4. The van der Waals surface area contributed by atoms with E-state index in [1.165, 1.54) is 0 Å². The lowest BCUT2D eigenvalue weighted by Gasteiger charge is -2.05. The van der Waals surface area contributed by atoms with Gasteiger partial charge in [0.05, 0.1) is 24.6 Å². The van der Waals surface area contributed by atoms with E-state index in [9.17, 15) is 9.59 Å². The Labute approximate surface area is 140 Å². The number of hydrogen-bond donors (Lipinski definition) is 2. The Bertz CT molecular complexity index is 568. The van der Waals surface area contributed by atoms with E-state index < -0.39 is 12.2 Å². The summed E-state index contributed by atoms with van der Waals surface area (Å²) >= 11 is 0. The summed E-state index contributed by atoms with van der Waals surface area (Å²) in [5.41, 5.74) is 7.55. The molecule has 0 heterocycles. The van der Waals surface area contributed by atoms with E-state index in [2.05, 4.69) is 21.1 Å². The van der Waals surface area contributed by atoms with E-state index in [0.29, 0.717) is 11.4 Å². The Morgan fingerprint density at radius 3 is 1.46 bits per heavy atom. The standard InChI is InChI=1S/C16H22N4O4/c1-5-23-15(21)19-17-11(3)13-7-9-14(10-8-13)12(4)18-20-16(22)24-6-2/h7-10H,5-6H2,1-4H3,(H,19,21)(H,20,22)/b17-11-,18-12-. The van der Waals surface area contributed by atoms with Crippen LogP contribution in [0.1, 0.15) is 38.8 Å². The first-order valence-corrected chi connectivity index (χ1v) is 7.52. The lowest BCUT2D eigenvalue weighted by molar-refractivity contribution is 0.151. The molecule has 1 aromatic carbocycles. The number of hydrogen-bond acceptors (Lipinski definition) is 6. The van der Waals surface area contributed by atoms with Gasteiger partial charge in [0, 0.05) is 0 Å². The molecule has 0 aliphatic carbocycles. The topological polar surface area (TPSA) is 101 Å². The highest BCUT2D eigenvalue weighted by Crippen LogP contribution is 2.07. The molecule has 0 aromatic heterocycles. The summed E-state index contributed by atoms with van der Waals surface area (Å²) in [5, 5.41) is 7.91. The van der Waals surface area contributed by atoms with Crippen LogP contribution in [0.25, 0.3) is 0 Å². The zero-order valence-electron chi connectivity index (χ0n) is 14.3. The van der Waals surface area contributed by atoms with Crippen molar-refractivity contribution in [2.24, 2.45) is 10.2 Å². The van der Waals surface area contributed by atoms with Crippen LogP contribution in [0.4, 0.5) is 9.59 Å². The molecule has 0 radical (unpaired) electrons. The van der Waals surface area contributed by atoms with Gasteiger partial charge in [-0.3, -0.25) is 0 Å². The van der Waals surface area contributed by atoms with Crippen LogP contribution in [0.15, 0.2) is 34.5 Å². The fourth-order valence-electron chi connectivity index (χ4n) is 1.67. The Morgan fingerprint density at radius 2 is 1.17 bits per heavy atom. The molecule has 0 saturated heterocycles. The van der Waals surface area contributed by atoms with E-state index in [0.717, 1.165) is 11.1 Å².